The molecule has 0 radical (unpaired) electrons. The highest BCUT2D eigenvalue weighted by Gasteiger charge is 2.28. The summed E-state index contributed by atoms with van der Waals surface area (Å²) >= 11 is 0. The number of hydrogen-bond donors (Lipinski definition) is 0. The maximum absolute atomic E-state index is 6.26. The van der Waals surface area contributed by atoms with E-state index in [9.17, 15) is 0 Å². The van der Waals surface area contributed by atoms with Gasteiger partial charge >= 0.3 is 0 Å². The molecule has 0 aromatic heterocycles. The van der Waals surface area contributed by atoms with E-state index in [1.807, 2.05) is 18.2 Å². The lowest BCUT2D eigenvalue weighted by Gasteiger charge is -2.34. The number of rotatable bonds is 16. The van der Waals surface area contributed by atoms with Crippen molar-refractivity contribution in [3.8, 4) is 0 Å². The summed E-state index contributed by atoms with van der Waals surface area (Å²) in [4.78, 5) is 0. The van der Waals surface area contributed by atoms with Crippen LogP contribution in [0, 0.1) is 0 Å². The second kappa shape index (κ2) is 15.6. The van der Waals surface area contributed by atoms with Crippen molar-refractivity contribution in [1.29, 1.82) is 0 Å². The molecule has 0 saturated carbocycles. The van der Waals surface area contributed by atoms with Crippen LogP contribution in [0.15, 0.2) is 38.0 Å². The molecule has 0 saturated heterocycles. The Labute approximate surface area is 144 Å². The first-order valence-electron chi connectivity index (χ1n) is 8.42. The maximum Gasteiger partial charge on any atom is 0.166 e. The van der Waals surface area contributed by atoms with E-state index < -0.39 is 29.3 Å². The fourth-order valence-electron chi connectivity index (χ4n) is 2.24. The summed E-state index contributed by atoms with van der Waals surface area (Å²) in [6, 6.07) is 3.02. The SMILES string of the molecule is C=CC[SiH2]OC(CC)C(O[SiH2]CC=C)C(CC)O[SiH2]CC=C. The molecule has 0 aliphatic rings. The first-order valence-corrected chi connectivity index (χ1v) is 13.2. The Bertz CT molecular complexity index is 278. The van der Waals surface area contributed by atoms with Crippen molar-refractivity contribution in [2.24, 2.45) is 0 Å². The van der Waals surface area contributed by atoms with Crippen LogP contribution >= 0.6 is 0 Å². The van der Waals surface area contributed by atoms with Crippen LogP contribution in [0.4, 0.5) is 0 Å². The lowest BCUT2D eigenvalue weighted by molar-refractivity contribution is -0.0217. The van der Waals surface area contributed by atoms with Crippen LogP contribution in [0.5, 0.6) is 0 Å². The highest BCUT2D eigenvalue weighted by Crippen LogP contribution is 2.18. The van der Waals surface area contributed by atoms with Gasteiger partial charge in [0.15, 0.2) is 29.3 Å². The molecule has 2 unspecified atom stereocenters. The standard InChI is InChI=1S/C16H34O3Si3/c1-6-11-20-17-14(9-4)16(19-22-13-8-3)15(10-5)18-21-12-7-2/h6-8,14-16H,1-3,9-13,20-22H2,4-5H3. The van der Waals surface area contributed by atoms with Gasteiger partial charge in [0.2, 0.25) is 0 Å². The predicted octanol–water partition coefficient (Wildman–Crippen LogP) is 2.03. The first-order chi connectivity index (χ1) is 10.7. The summed E-state index contributed by atoms with van der Waals surface area (Å²) in [7, 11) is -1.67. The van der Waals surface area contributed by atoms with Crippen LogP contribution in [0.2, 0.25) is 18.1 Å². The van der Waals surface area contributed by atoms with Gasteiger partial charge in [0.25, 0.3) is 0 Å². The monoisotopic (exact) mass is 358 g/mol. The van der Waals surface area contributed by atoms with Gasteiger partial charge in [-0.2, -0.15) is 0 Å². The highest BCUT2D eigenvalue weighted by atomic mass is 28.2. The Morgan fingerprint density at radius 1 is 0.727 bits per heavy atom. The Balaban J connectivity index is 4.72. The molecule has 0 aromatic carbocycles. The van der Waals surface area contributed by atoms with Crippen molar-refractivity contribution in [1.82, 2.24) is 0 Å². The zero-order valence-corrected chi connectivity index (χ0v) is 18.7. The van der Waals surface area contributed by atoms with Crippen LogP contribution in [-0.2, 0) is 13.3 Å². The third kappa shape index (κ3) is 9.70. The van der Waals surface area contributed by atoms with Gasteiger partial charge in [0.05, 0.1) is 18.3 Å². The van der Waals surface area contributed by atoms with Crippen LogP contribution < -0.4 is 0 Å². The lowest BCUT2D eigenvalue weighted by atomic mass is 10.0. The van der Waals surface area contributed by atoms with Gasteiger partial charge in [0, 0.05) is 0 Å². The number of allylic oxidation sites excluding steroid dienone is 3. The molecule has 0 amide bonds. The first kappa shape index (κ1) is 21.8. The normalized spacial score (nSPS) is 16.6. The topological polar surface area (TPSA) is 27.7 Å². The molecule has 0 aromatic rings. The Hall–Kier alpha value is -0.249. The third-order valence-corrected chi connectivity index (χ3v) is 7.36. The average Bonchev–Trinajstić information content (AvgIpc) is 2.54. The van der Waals surface area contributed by atoms with E-state index in [2.05, 4.69) is 33.6 Å². The zero-order valence-electron chi connectivity index (χ0n) is 14.5. The van der Waals surface area contributed by atoms with Gasteiger partial charge in [0.1, 0.15) is 0 Å². The fraction of sp³-hybridized carbons (Fsp3) is 0.625. The van der Waals surface area contributed by atoms with E-state index in [0.29, 0.717) is 0 Å². The highest BCUT2D eigenvalue weighted by molar-refractivity contribution is 6.29. The molecular formula is C16H34O3Si3. The molecule has 0 aliphatic heterocycles. The summed E-state index contributed by atoms with van der Waals surface area (Å²) < 4.78 is 18.6. The summed E-state index contributed by atoms with van der Waals surface area (Å²) in [5, 5.41) is 0. The third-order valence-electron chi connectivity index (χ3n) is 3.48. The molecule has 0 spiro atoms. The predicted molar refractivity (Wildman–Crippen MR) is 106 cm³/mol. The molecule has 0 bridgehead atoms. The van der Waals surface area contributed by atoms with Gasteiger partial charge in [-0.15, -0.1) is 19.7 Å². The van der Waals surface area contributed by atoms with Crippen molar-refractivity contribution in [3.63, 3.8) is 0 Å². The lowest BCUT2D eigenvalue weighted by Crippen LogP contribution is -2.44. The minimum atomic E-state index is -0.585. The van der Waals surface area contributed by atoms with Gasteiger partial charge in [-0.05, 0) is 31.0 Å². The molecule has 0 N–H and O–H groups in total. The molecule has 0 heterocycles. The van der Waals surface area contributed by atoms with Gasteiger partial charge < -0.3 is 13.3 Å². The Kier molecular flexibility index (Phi) is 15.5. The van der Waals surface area contributed by atoms with E-state index in [4.69, 9.17) is 13.3 Å². The summed E-state index contributed by atoms with van der Waals surface area (Å²) in [5.41, 5.74) is 0. The molecule has 22 heavy (non-hydrogen) atoms. The minimum absolute atomic E-state index is 0.0799. The van der Waals surface area contributed by atoms with E-state index in [1.165, 1.54) is 0 Å². The summed E-state index contributed by atoms with van der Waals surface area (Å²) in [5.74, 6) is 0. The summed E-state index contributed by atoms with van der Waals surface area (Å²) in [6.45, 7) is 15.7. The molecule has 0 aliphatic carbocycles. The van der Waals surface area contributed by atoms with Gasteiger partial charge in [-0.1, -0.05) is 32.1 Å². The maximum atomic E-state index is 6.26. The van der Waals surface area contributed by atoms with Crippen molar-refractivity contribution in [2.45, 2.75) is 63.1 Å². The van der Waals surface area contributed by atoms with E-state index in [-0.39, 0.29) is 18.3 Å². The van der Waals surface area contributed by atoms with Crippen molar-refractivity contribution in [3.05, 3.63) is 38.0 Å². The van der Waals surface area contributed by atoms with E-state index in [0.717, 1.165) is 31.0 Å². The van der Waals surface area contributed by atoms with Crippen LogP contribution in [0.25, 0.3) is 0 Å². The molecule has 0 rings (SSSR count). The average molecular weight is 359 g/mol. The minimum Gasteiger partial charge on any atom is -0.418 e. The molecule has 2 atom stereocenters. The van der Waals surface area contributed by atoms with Gasteiger partial charge in [-0.25, -0.2) is 0 Å². The van der Waals surface area contributed by atoms with Gasteiger partial charge in [-0.3, -0.25) is 0 Å². The second-order valence-electron chi connectivity index (χ2n) is 5.20. The van der Waals surface area contributed by atoms with Crippen LogP contribution in [0.1, 0.15) is 26.7 Å². The Morgan fingerprint density at radius 2 is 1.09 bits per heavy atom. The van der Waals surface area contributed by atoms with Crippen molar-refractivity contribution >= 4 is 29.3 Å². The summed E-state index contributed by atoms with van der Waals surface area (Å²) in [6.07, 6.45) is 8.19. The molecule has 128 valence electrons. The van der Waals surface area contributed by atoms with Crippen LogP contribution in [-0.4, -0.2) is 47.6 Å². The molecular weight excluding hydrogens is 324 g/mol. The molecule has 0 fully saturated rings. The molecule has 6 heteroatoms. The molecule has 3 nitrogen and oxygen atoms in total. The smallest absolute Gasteiger partial charge is 0.166 e. The fourth-order valence-corrected chi connectivity index (χ4v) is 5.30. The number of hydrogen-bond acceptors (Lipinski definition) is 3. The Morgan fingerprint density at radius 3 is 1.41 bits per heavy atom. The van der Waals surface area contributed by atoms with Crippen molar-refractivity contribution < 1.29 is 13.3 Å². The second-order valence-corrected chi connectivity index (χ2v) is 9.16. The van der Waals surface area contributed by atoms with E-state index >= 15 is 0 Å². The zero-order chi connectivity index (χ0) is 16.6. The van der Waals surface area contributed by atoms with Crippen molar-refractivity contribution in [2.75, 3.05) is 0 Å². The van der Waals surface area contributed by atoms with E-state index in [1.54, 1.807) is 0 Å². The quantitative estimate of drug-likeness (QED) is 0.240. The van der Waals surface area contributed by atoms with Crippen LogP contribution in [0.3, 0.4) is 0 Å². The largest absolute Gasteiger partial charge is 0.418 e.